The number of nitrogens with zero attached hydrogens (tertiary/aromatic N) is 1. The Balaban J connectivity index is 3.24. The van der Waals surface area contributed by atoms with E-state index in [1.54, 1.807) is 0 Å². The molecule has 1 rings (SSSR count). The van der Waals surface area contributed by atoms with E-state index in [1.165, 1.54) is 6.92 Å². The number of carboxylic acids is 1. The molecule has 0 aliphatic carbocycles. The number of carboxylic acid groups (broad SMARTS) is 1. The van der Waals surface area contributed by atoms with Crippen LogP contribution >= 0.6 is 0 Å². The van der Waals surface area contributed by atoms with E-state index in [2.05, 4.69) is 0 Å². The number of non-ortho nitro benzene ring substituents is 1. The van der Waals surface area contributed by atoms with Crippen LogP contribution in [0.2, 0.25) is 0 Å². The highest BCUT2D eigenvalue weighted by Gasteiger charge is 2.16. The van der Waals surface area contributed by atoms with Gasteiger partial charge in [0.1, 0.15) is 5.82 Å². The number of nitro benzene ring substituents is 1. The zero-order valence-corrected chi connectivity index (χ0v) is 7.86. The Kier molecular flexibility index (Phi) is 2.99. The molecule has 0 saturated heterocycles. The fraction of sp³-hybridized carbons (Fsp3) is 0.222. The largest absolute Gasteiger partial charge is 0.481 e. The van der Waals surface area contributed by atoms with Crippen molar-refractivity contribution in [3.05, 3.63) is 39.2 Å². The second-order valence-electron chi connectivity index (χ2n) is 3.06. The number of benzene rings is 1. The molecule has 0 spiro atoms. The fourth-order valence-corrected chi connectivity index (χ4v) is 1.22. The van der Waals surface area contributed by atoms with Gasteiger partial charge in [0.05, 0.1) is 11.3 Å². The van der Waals surface area contributed by atoms with Gasteiger partial charge in [-0.3, -0.25) is 14.9 Å². The summed E-state index contributed by atoms with van der Waals surface area (Å²) in [7, 11) is 0. The molecule has 0 aliphatic rings. The molecule has 0 unspecified atom stereocenters. The van der Waals surface area contributed by atoms with Crippen molar-refractivity contribution in [3.8, 4) is 0 Å². The van der Waals surface area contributed by atoms with E-state index in [-0.39, 0.29) is 16.8 Å². The number of halogens is 1. The highest BCUT2D eigenvalue weighted by molar-refractivity contribution is 5.70. The average Bonchev–Trinajstić information content (AvgIpc) is 2.11. The van der Waals surface area contributed by atoms with Crippen LogP contribution in [0.5, 0.6) is 0 Å². The van der Waals surface area contributed by atoms with Gasteiger partial charge in [-0.2, -0.15) is 0 Å². The van der Waals surface area contributed by atoms with Crippen LogP contribution in [0.4, 0.5) is 10.1 Å². The summed E-state index contributed by atoms with van der Waals surface area (Å²) >= 11 is 0. The Bertz CT molecular complexity index is 430. The molecule has 0 amide bonds. The van der Waals surface area contributed by atoms with Crippen molar-refractivity contribution in [3.63, 3.8) is 0 Å². The minimum atomic E-state index is -1.23. The molecule has 80 valence electrons. The lowest BCUT2D eigenvalue weighted by Gasteiger charge is -2.03. The number of hydrogen-bond acceptors (Lipinski definition) is 3. The first-order valence-electron chi connectivity index (χ1n) is 4.07. The van der Waals surface area contributed by atoms with Gasteiger partial charge >= 0.3 is 5.97 Å². The van der Waals surface area contributed by atoms with Crippen LogP contribution in [0.25, 0.3) is 0 Å². The molecule has 5 nitrogen and oxygen atoms in total. The molecule has 0 fully saturated rings. The molecule has 0 aromatic heterocycles. The van der Waals surface area contributed by atoms with Gasteiger partial charge in [0.25, 0.3) is 5.69 Å². The number of rotatable bonds is 3. The van der Waals surface area contributed by atoms with Gasteiger partial charge in [-0.25, -0.2) is 4.39 Å². The summed E-state index contributed by atoms with van der Waals surface area (Å²) in [5.41, 5.74) is -0.403. The van der Waals surface area contributed by atoms with Crippen LogP contribution in [-0.2, 0) is 11.2 Å². The molecule has 0 atom stereocenters. The first-order valence-corrected chi connectivity index (χ1v) is 4.07. The van der Waals surface area contributed by atoms with Crippen LogP contribution < -0.4 is 0 Å². The Morgan fingerprint density at radius 2 is 2.20 bits per heavy atom. The van der Waals surface area contributed by atoms with Crippen LogP contribution in [0, 0.1) is 22.9 Å². The third kappa shape index (κ3) is 2.49. The molecule has 0 radical (unpaired) electrons. The predicted octanol–water partition coefficient (Wildman–Crippen LogP) is 1.67. The van der Waals surface area contributed by atoms with Crippen LogP contribution in [-0.4, -0.2) is 16.0 Å². The first kappa shape index (κ1) is 11.1. The Morgan fingerprint density at radius 1 is 1.60 bits per heavy atom. The van der Waals surface area contributed by atoms with Gasteiger partial charge in [0.2, 0.25) is 0 Å². The fourth-order valence-electron chi connectivity index (χ4n) is 1.22. The van der Waals surface area contributed by atoms with Crippen LogP contribution in [0.3, 0.4) is 0 Å². The van der Waals surface area contributed by atoms with Crippen molar-refractivity contribution >= 4 is 11.7 Å². The maximum atomic E-state index is 13.3. The second kappa shape index (κ2) is 4.04. The van der Waals surface area contributed by atoms with E-state index in [4.69, 9.17) is 5.11 Å². The van der Waals surface area contributed by atoms with E-state index in [9.17, 15) is 19.3 Å². The van der Waals surface area contributed by atoms with Crippen molar-refractivity contribution in [1.82, 2.24) is 0 Å². The monoisotopic (exact) mass is 213 g/mol. The number of nitro groups is 1. The topological polar surface area (TPSA) is 80.4 Å². The highest BCUT2D eigenvalue weighted by atomic mass is 19.1. The summed E-state index contributed by atoms with van der Waals surface area (Å²) in [6, 6.07) is 2.01. The van der Waals surface area contributed by atoms with Crippen molar-refractivity contribution in [2.24, 2.45) is 0 Å². The summed E-state index contributed by atoms with van der Waals surface area (Å²) < 4.78 is 13.3. The summed E-state index contributed by atoms with van der Waals surface area (Å²) in [5.74, 6) is -1.93. The minimum Gasteiger partial charge on any atom is -0.481 e. The summed E-state index contributed by atoms with van der Waals surface area (Å²) in [5, 5.41) is 18.9. The molecule has 0 saturated carbocycles. The Morgan fingerprint density at radius 3 is 2.67 bits per heavy atom. The lowest BCUT2D eigenvalue weighted by Crippen LogP contribution is -2.04. The van der Waals surface area contributed by atoms with Gasteiger partial charge in [0, 0.05) is 17.7 Å². The number of aryl methyl sites for hydroxylation is 1. The zero-order valence-electron chi connectivity index (χ0n) is 7.86. The molecule has 0 bridgehead atoms. The molecule has 1 aromatic rings. The van der Waals surface area contributed by atoms with E-state index in [0.29, 0.717) is 0 Å². The maximum Gasteiger partial charge on any atom is 0.307 e. The minimum absolute atomic E-state index is 0.0699. The van der Waals surface area contributed by atoms with Crippen molar-refractivity contribution in [2.75, 3.05) is 0 Å². The van der Waals surface area contributed by atoms with Gasteiger partial charge in [-0.1, -0.05) is 0 Å². The third-order valence-corrected chi connectivity index (χ3v) is 1.87. The quantitative estimate of drug-likeness (QED) is 0.611. The number of hydrogen-bond donors (Lipinski definition) is 1. The lowest BCUT2D eigenvalue weighted by atomic mass is 10.1. The van der Waals surface area contributed by atoms with Crippen molar-refractivity contribution < 1.29 is 19.2 Å². The van der Waals surface area contributed by atoms with Gasteiger partial charge in [-0.15, -0.1) is 0 Å². The zero-order chi connectivity index (χ0) is 11.6. The molecular formula is C9H8FNO4. The van der Waals surface area contributed by atoms with Crippen LogP contribution in [0.1, 0.15) is 11.1 Å². The maximum absolute atomic E-state index is 13.3. The second-order valence-corrected chi connectivity index (χ2v) is 3.06. The summed E-state index contributed by atoms with van der Waals surface area (Å²) in [6.07, 6.45) is -0.561. The number of aliphatic carboxylic acids is 1. The molecule has 0 heterocycles. The SMILES string of the molecule is Cc1cc([N+](=O)[O-])cc(CC(=O)O)c1F. The first-order chi connectivity index (χ1) is 6.91. The molecule has 0 aliphatic heterocycles. The van der Waals surface area contributed by atoms with E-state index in [1.807, 2.05) is 0 Å². The smallest absolute Gasteiger partial charge is 0.307 e. The van der Waals surface area contributed by atoms with Crippen molar-refractivity contribution in [2.45, 2.75) is 13.3 Å². The summed E-state index contributed by atoms with van der Waals surface area (Å²) in [4.78, 5) is 20.1. The molecule has 6 heteroatoms. The lowest BCUT2D eigenvalue weighted by molar-refractivity contribution is -0.385. The third-order valence-electron chi connectivity index (χ3n) is 1.87. The van der Waals surface area contributed by atoms with Gasteiger partial charge in [0.15, 0.2) is 0 Å². The van der Waals surface area contributed by atoms with E-state index in [0.717, 1.165) is 12.1 Å². The molecular weight excluding hydrogens is 205 g/mol. The Labute approximate surface area is 84.3 Å². The molecule has 1 N–H and O–H groups in total. The average molecular weight is 213 g/mol. The standard InChI is InChI=1S/C9H8FNO4/c1-5-2-7(11(14)15)3-6(9(5)10)4-8(12)13/h2-3H,4H2,1H3,(H,12,13). The summed E-state index contributed by atoms with van der Waals surface area (Å²) in [6.45, 7) is 1.35. The van der Waals surface area contributed by atoms with Crippen LogP contribution in [0.15, 0.2) is 12.1 Å². The highest BCUT2D eigenvalue weighted by Crippen LogP contribution is 2.21. The molecule has 15 heavy (non-hydrogen) atoms. The van der Waals surface area contributed by atoms with E-state index >= 15 is 0 Å². The predicted molar refractivity (Wildman–Crippen MR) is 49.1 cm³/mol. The number of carbonyl (C=O) groups is 1. The van der Waals surface area contributed by atoms with E-state index < -0.39 is 23.1 Å². The normalized spacial score (nSPS) is 10.0. The molecule has 1 aromatic carbocycles. The Hall–Kier alpha value is -1.98. The van der Waals surface area contributed by atoms with Gasteiger partial charge < -0.3 is 5.11 Å². The van der Waals surface area contributed by atoms with Crippen molar-refractivity contribution in [1.29, 1.82) is 0 Å². The van der Waals surface area contributed by atoms with Gasteiger partial charge in [-0.05, 0) is 12.5 Å².